The minimum absolute atomic E-state index is 0.296. The van der Waals surface area contributed by atoms with Gasteiger partial charge in [-0.1, -0.05) is 38.5 Å². The second-order valence-corrected chi connectivity index (χ2v) is 5.65. The average Bonchev–Trinajstić information content (AvgIpc) is 2.37. The van der Waals surface area contributed by atoms with Crippen LogP contribution in [0.3, 0.4) is 0 Å². The molecule has 0 radical (unpaired) electrons. The zero-order valence-electron chi connectivity index (χ0n) is 11.3. The van der Waals surface area contributed by atoms with Crippen molar-refractivity contribution >= 4 is 0 Å². The fourth-order valence-electron chi connectivity index (χ4n) is 2.73. The Bertz CT molecular complexity index is 393. The van der Waals surface area contributed by atoms with Crippen LogP contribution >= 0.6 is 0 Å². The standard InChI is InChI=1S/C16H24O/c1-4-12(2)16(3,17)15-10-9-13-7-5-6-8-14(13)11-15/h9-12,17H,4-8H2,1-3H3. The van der Waals surface area contributed by atoms with Crippen LogP contribution in [0, 0.1) is 5.92 Å². The number of rotatable bonds is 3. The Morgan fingerprint density at radius 2 is 1.88 bits per heavy atom. The molecule has 94 valence electrons. The van der Waals surface area contributed by atoms with E-state index in [4.69, 9.17) is 0 Å². The second-order valence-electron chi connectivity index (χ2n) is 5.65. The maximum Gasteiger partial charge on any atom is 0.0893 e. The summed E-state index contributed by atoms with van der Waals surface area (Å²) >= 11 is 0. The van der Waals surface area contributed by atoms with Crippen LogP contribution in [0.2, 0.25) is 0 Å². The molecule has 0 spiro atoms. The fraction of sp³-hybridized carbons (Fsp3) is 0.625. The molecule has 0 fully saturated rings. The van der Waals surface area contributed by atoms with Crippen molar-refractivity contribution in [3.05, 3.63) is 34.9 Å². The third-order valence-corrected chi connectivity index (χ3v) is 4.50. The molecule has 1 aromatic rings. The molecule has 1 N–H and O–H groups in total. The van der Waals surface area contributed by atoms with Gasteiger partial charge < -0.3 is 5.11 Å². The smallest absolute Gasteiger partial charge is 0.0893 e. The maximum atomic E-state index is 10.7. The van der Waals surface area contributed by atoms with Gasteiger partial charge >= 0.3 is 0 Å². The molecule has 0 bridgehead atoms. The Balaban J connectivity index is 2.33. The predicted octanol–water partition coefficient (Wildman–Crippen LogP) is 3.82. The summed E-state index contributed by atoms with van der Waals surface area (Å²) in [5.74, 6) is 0.296. The third kappa shape index (κ3) is 2.40. The van der Waals surface area contributed by atoms with E-state index in [9.17, 15) is 5.11 Å². The first-order valence-electron chi connectivity index (χ1n) is 6.90. The Morgan fingerprint density at radius 3 is 2.53 bits per heavy atom. The molecule has 1 aliphatic carbocycles. The summed E-state index contributed by atoms with van der Waals surface area (Å²) < 4.78 is 0. The van der Waals surface area contributed by atoms with E-state index >= 15 is 0 Å². The minimum atomic E-state index is -0.693. The first-order valence-corrected chi connectivity index (χ1v) is 6.90. The lowest BCUT2D eigenvalue weighted by molar-refractivity contribution is -0.0000715. The van der Waals surface area contributed by atoms with Gasteiger partial charge in [0.1, 0.15) is 0 Å². The number of hydrogen-bond acceptors (Lipinski definition) is 1. The fourth-order valence-corrected chi connectivity index (χ4v) is 2.73. The highest BCUT2D eigenvalue weighted by Gasteiger charge is 2.29. The van der Waals surface area contributed by atoms with Crippen LogP contribution in [0.4, 0.5) is 0 Å². The summed E-state index contributed by atoms with van der Waals surface area (Å²) in [4.78, 5) is 0. The summed E-state index contributed by atoms with van der Waals surface area (Å²) in [6, 6.07) is 6.58. The highest BCUT2D eigenvalue weighted by molar-refractivity contribution is 5.36. The van der Waals surface area contributed by atoms with Gasteiger partial charge in [0, 0.05) is 0 Å². The Morgan fingerprint density at radius 1 is 1.24 bits per heavy atom. The molecule has 1 nitrogen and oxygen atoms in total. The van der Waals surface area contributed by atoms with E-state index < -0.39 is 5.60 Å². The van der Waals surface area contributed by atoms with E-state index in [1.54, 1.807) is 0 Å². The van der Waals surface area contributed by atoms with Crippen molar-refractivity contribution < 1.29 is 5.11 Å². The zero-order chi connectivity index (χ0) is 12.5. The number of fused-ring (bicyclic) bond motifs is 1. The number of aryl methyl sites for hydroxylation is 2. The molecular formula is C16H24O. The highest BCUT2D eigenvalue weighted by Crippen LogP contribution is 2.33. The van der Waals surface area contributed by atoms with Crippen molar-refractivity contribution in [2.24, 2.45) is 5.92 Å². The quantitative estimate of drug-likeness (QED) is 0.840. The van der Waals surface area contributed by atoms with Gasteiger partial charge in [-0.05, 0) is 55.2 Å². The number of aliphatic hydroxyl groups is 1. The summed E-state index contributed by atoms with van der Waals surface area (Å²) in [6.07, 6.45) is 6.00. The van der Waals surface area contributed by atoms with Crippen molar-refractivity contribution in [3.8, 4) is 0 Å². The Labute approximate surface area is 105 Å². The van der Waals surface area contributed by atoms with Crippen molar-refractivity contribution in [2.75, 3.05) is 0 Å². The van der Waals surface area contributed by atoms with E-state index in [1.165, 1.54) is 36.8 Å². The van der Waals surface area contributed by atoms with E-state index in [0.29, 0.717) is 5.92 Å². The van der Waals surface area contributed by atoms with Gasteiger partial charge in [-0.3, -0.25) is 0 Å². The van der Waals surface area contributed by atoms with Crippen LogP contribution in [0.1, 0.15) is 56.7 Å². The molecule has 0 saturated heterocycles. The van der Waals surface area contributed by atoms with Crippen LogP contribution < -0.4 is 0 Å². The molecule has 0 aliphatic heterocycles. The zero-order valence-corrected chi connectivity index (χ0v) is 11.3. The highest BCUT2D eigenvalue weighted by atomic mass is 16.3. The molecule has 0 aromatic heterocycles. The van der Waals surface area contributed by atoms with Crippen LogP contribution in [-0.2, 0) is 18.4 Å². The van der Waals surface area contributed by atoms with Crippen molar-refractivity contribution in [1.82, 2.24) is 0 Å². The van der Waals surface area contributed by atoms with Crippen molar-refractivity contribution in [3.63, 3.8) is 0 Å². The van der Waals surface area contributed by atoms with Gasteiger partial charge in [-0.25, -0.2) is 0 Å². The first kappa shape index (κ1) is 12.6. The maximum absolute atomic E-state index is 10.7. The summed E-state index contributed by atoms with van der Waals surface area (Å²) in [5.41, 5.74) is 3.34. The van der Waals surface area contributed by atoms with E-state index in [0.717, 1.165) is 12.0 Å². The molecule has 1 heteroatoms. The lowest BCUT2D eigenvalue weighted by atomic mass is 9.80. The lowest BCUT2D eigenvalue weighted by Crippen LogP contribution is -2.29. The number of benzene rings is 1. The molecule has 2 rings (SSSR count). The average molecular weight is 232 g/mol. The van der Waals surface area contributed by atoms with Crippen LogP contribution in [0.5, 0.6) is 0 Å². The van der Waals surface area contributed by atoms with E-state index in [1.807, 2.05) is 6.92 Å². The lowest BCUT2D eigenvalue weighted by Gasteiger charge is -2.31. The molecular weight excluding hydrogens is 208 g/mol. The van der Waals surface area contributed by atoms with Gasteiger partial charge in [-0.2, -0.15) is 0 Å². The van der Waals surface area contributed by atoms with Gasteiger partial charge in [0.2, 0.25) is 0 Å². The van der Waals surface area contributed by atoms with Crippen LogP contribution in [0.25, 0.3) is 0 Å². The normalized spacial score (nSPS) is 20.5. The van der Waals surface area contributed by atoms with Crippen LogP contribution in [-0.4, -0.2) is 5.11 Å². The molecule has 0 heterocycles. The largest absolute Gasteiger partial charge is 0.385 e. The third-order valence-electron chi connectivity index (χ3n) is 4.50. The van der Waals surface area contributed by atoms with Gasteiger partial charge in [0.15, 0.2) is 0 Å². The SMILES string of the molecule is CCC(C)C(C)(O)c1ccc2c(c1)CCCC2. The van der Waals surface area contributed by atoms with Gasteiger partial charge in [-0.15, -0.1) is 0 Å². The molecule has 2 atom stereocenters. The van der Waals surface area contributed by atoms with Gasteiger partial charge in [0.25, 0.3) is 0 Å². The molecule has 1 aromatic carbocycles. The molecule has 0 saturated carbocycles. The molecule has 2 unspecified atom stereocenters. The topological polar surface area (TPSA) is 20.2 Å². The van der Waals surface area contributed by atoms with E-state index in [2.05, 4.69) is 32.0 Å². The summed E-state index contributed by atoms with van der Waals surface area (Å²) in [5, 5.41) is 10.7. The number of hydrogen-bond donors (Lipinski definition) is 1. The Hall–Kier alpha value is -0.820. The van der Waals surface area contributed by atoms with Crippen molar-refractivity contribution in [1.29, 1.82) is 0 Å². The Kier molecular flexibility index (Phi) is 3.58. The molecule has 0 amide bonds. The van der Waals surface area contributed by atoms with Crippen LogP contribution in [0.15, 0.2) is 18.2 Å². The first-order chi connectivity index (χ1) is 8.05. The monoisotopic (exact) mass is 232 g/mol. The van der Waals surface area contributed by atoms with E-state index in [-0.39, 0.29) is 0 Å². The molecule has 17 heavy (non-hydrogen) atoms. The molecule has 1 aliphatic rings. The van der Waals surface area contributed by atoms with Crippen molar-refractivity contribution in [2.45, 2.75) is 58.5 Å². The summed E-state index contributed by atoms with van der Waals surface area (Å²) in [7, 11) is 0. The minimum Gasteiger partial charge on any atom is -0.385 e. The second kappa shape index (κ2) is 4.81. The summed E-state index contributed by atoms with van der Waals surface area (Å²) in [6.45, 7) is 6.21. The predicted molar refractivity (Wildman–Crippen MR) is 72.1 cm³/mol. The van der Waals surface area contributed by atoms with Gasteiger partial charge in [0.05, 0.1) is 5.60 Å².